The van der Waals surface area contributed by atoms with Gasteiger partial charge in [-0.1, -0.05) is 57.4 Å². The standard InChI is InChI=1S/C25H18BrClN2O4/c1-15-2-4-16(5-3-15)14-33-22-11-8-19(27)12-17(22)13-21-23(30)28-25(32)29(24(21)31)20-9-6-18(26)7-10-20/h2-13H,14H2,1H3,(H,28,30,32)/b21-13+. The SMILES string of the molecule is Cc1ccc(COc2ccc(Cl)cc2/C=C2\C(=O)NC(=O)N(c3ccc(Br)cc3)C2=O)cc1. The molecule has 1 saturated heterocycles. The van der Waals surface area contributed by atoms with Gasteiger partial charge in [-0.3, -0.25) is 14.9 Å². The molecule has 1 heterocycles. The van der Waals surface area contributed by atoms with Crippen LogP contribution >= 0.6 is 27.5 Å². The van der Waals surface area contributed by atoms with E-state index in [9.17, 15) is 14.4 Å². The summed E-state index contributed by atoms with van der Waals surface area (Å²) in [6, 6.07) is 18.6. The van der Waals surface area contributed by atoms with Crippen molar-refractivity contribution in [2.75, 3.05) is 4.90 Å². The number of urea groups is 1. The average molecular weight is 526 g/mol. The summed E-state index contributed by atoms with van der Waals surface area (Å²) in [5, 5.41) is 2.62. The van der Waals surface area contributed by atoms with Gasteiger partial charge in [0.15, 0.2) is 0 Å². The molecule has 0 aliphatic carbocycles. The van der Waals surface area contributed by atoms with Crippen LogP contribution in [0.1, 0.15) is 16.7 Å². The molecule has 0 unspecified atom stereocenters. The second-order valence-electron chi connectivity index (χ2n) is 7.39. The predicted octanol–water partition coefficient (Wildman–Crippen LogP) is 5.66. The number of hydrogen-bond donors (Lipinski definition) is 1. The third-order valence-electron chi connectivity index (χ3n) is 4.97. The van der Waals surface area contributed by atoms with Gasteiger partial charge >= 0.3 is 6.03 Å². The molecule has 3 aromatic carbocycles. The molecule has 1 aliphatic rings. The number of halogens is 2. The second-order valence-corrected chi connectivity index (χ2v) is 8.74. The Balaban J connectivity index is 1.66. The van der Waals surface area contributed by atoms with Crippen LogP contribution in [0.5, 0.6) is 5.75 Å². The smallest absolute Gasteiger partial charge is 0.335 e. The molecule has 0 atom stereocenters. The summed E-state index contributed by atoms with van der Waals surface area (Å²) in [6.45, 7) is 2.30. The van der Waals surface area contributed by atoms with Gasteiger partial charge in [-0.15, -0.1) is 0 Å². The Morgan fingerprint density at radius 1 is 1.00 bits per heavy atom. The number of nitrogens with one attached hydrogen (secondary N) is 1. The van der Waals surface area contributed by atoms with Crippen molar-refractivity contribution in [1.82, 2.24) is 5.32 Å². The van der Waals surface area contributed by atoms with Crippen LogP contribution in [0, 0.1) is 6.92 Å². The highest BCUT2D eigenvalue weighted by Gasteiger charge is 2.37. The molecule has 0 saturated carbocycles. The summed E-state index contributed by atoms with van der Waals surface area (Å²) >= 11 is 9.48. The molecule has 1 N–H and O–H groups in total. The average Bonchev–Trinajstić information content (AvgIpc) is 2.78. The van der Waals surface area contributed by atoms with E-state index in [2.05, 4.69) is 21.2 Å². The number of carbonyl (C=O) groups excluding carboxylic acids is 3. The van der Waals surface area contributed by atoms with E-state index >= 15 is 0 Å². The maximum Gasteiger partial charge on any atom is 0.335 e. The van der Waals surface area contributed by atoms with Crippen LogP contribution in [0.15, 0.2) is 76.8 Å². The van der Waals surface area contributed by atoms with Gasteiger partial charge in [0.05, 0.1) is 5.69 Å². The predicted molar refractivity (Wildman–Crippen MR) is 130 cm³/mol. The molecular weight excluding hydrogens is 508 g/mol. The molecule has 4 rings (SSSR count). The maximum absolute atomic E-state index is 13.1. The molecule has 0 radical (unpaired) electrons. The zero-order valence-electron chi connectivity index (χ0n) is 17.5. The van der Waals surface area contributed by atoms with Gasteiger partial charge in [-0.2, -0.15) is 0 Å². The number of rotatable bonds is 5. The van der Waals surface area contributed by atoms with Crippen molar-refractivity contribution in [1.29, 1.82) is 0 Å². The Morgan fingerprint density at radius 2 is 1.70 bits per heavy atom. The molecule has 4 amide bonds. The summed E-state index contributed by atoms with van der Waals surface area (Å²) in [7, 11) is 0. The number of amides is 4. The molecule has 1 aliphatic heterocycles. The van der Waals surface area contributed by atoms with E-state index in [1.54, 1.807) is 42.5 Å². The number of anilines is 1. The quantitative estimate of drug-likeness (QED) is 0.345. The molecule has 0 bridgehead atoms. The first-order valence-corrected chi connectivity index (χ1v) is 11.1. The van der Waals surface area contributed by atoms with Gasteiger partial charge in [0.2, 0.25) is 0 Å². The normalized spacial score (nSPS) is 15.1. The summed E-state index contributed by atoms with van der Waals surface area (Å²) in [5.41, 5.74) is 2.68. The van der Waals surface area contributed by atoms with Gasteiger partial charge < -0.3 is 4.74 Å². The first-order chi connectivity index (χ1) is 15.8. The van der Waals surface area contributed by atoms with Crippen molar-refractivity contribution in [2.45, 2.75) is 13.5 Å². The molecule has 166 valence electrons. The minimum atomic E-state index is -0.814. The van der Waals surface area contributed by atoms with Crippen LogP contribution in [0.2, 0.25) is 5.02 Å². The first-order valence-electron chi connectivity index (χ1n) is 9.97. The first kappa shape index (κ1) is 22.8. The summed E-state index contributed by atoms with van der Waals surface area (Å²) in [5.74, 6) is -1.08. The zero-order chi connectivity index (χ0) is 23.5. The fraction of sp³-hybridized carbons (Fsp3) is 0.0800. The van der Waals surface area contributed by atoms with Crippen LogP contribution in [0.25, 0.3) is 6.08 Å². The monoisotopic (exact) mass is 524 g/mol. The molecule has 6 nitrogen and oxygen atoms in total. The van der Waals surface area contributed by atoms with Gasteiger partial charge in [-0.25, -0.2) is 9.69 Å². The van der Waals surface area contributed by atoms with Gasteiger partial charge in [-0.05, 0) is 61.0 Å². The van der Waals surface area contributed by atoms with Crippen LogP contribution in [-0.4, -0.2) is 17.8 Å². The number of aryl methyl sites for hydroxylation is 1. The maximum atomic E-state index is 13.1. The molecule has 0 spiro atoms. The van der Waals surface area contributed by atoms with Crippen LogP contribution in [-0.2, 0) is 16.2 Å². The fourth-order valence-electron chi connectivity index (χ4n) is 3.25. The van der Waals surface area contributed by atoms with Crippen molar-refractivity contribution in [3.05, 3.63) is 98.5 Å². The topological polar surface area (TPSA) is 75.7 Å². The largest absolute Gasteiger partial charge is 0.488 e. The third-order valence-corrected chi connectivity index (χ3v) is 5.74. The number of carbonyl (C=O) groups is 3. The Hall–Kier alpha value is -3.42. The molecule has 1 fully saturated rings. The number of hydrogen-bond acceptors (Lipinski definition) is 4. The van der Waals surface area contributed by atoms with E-state index in [1.165, 1.54) is 6.08 Å². The van der Waals surface area contributed by atoms with Gasteiger partial charge in [0, 0.05) is 15.1 Å². The number of barbiturate groups is 1. The third kappa shape index (κ3) is 5.16. The van der Waals surface area contributed by atoms with Crippen LogP contribution < -0.4 is 15.0 Å². The number of benzene rings is 3. The van der Waals surface area contributed by atoms with Crippen molar-refractivity contribution >= 4 is 57.1 Å². The molecular formula is C25H18BrClN2O4. The van der Waals surface area contributed by atoms with E-state index in [-0.39, 0.29) is 5.57 Å². The van der Waals surface area contributed by atoms with Crippen LogP contribution in [0.4, 0.5) is 10.5 Å². The van der Waals surface area contributed by atoms with E-state index in [1.807, 2.05) is 31.2 Å². The Kier molecular flexibility index (Phi) is 6.62. The summed E-state index contributed by atoms with van der Waals surface area (Å²) in [4.78, 5) is 39.0. The minimum Gasteiger partial charge on any atom is -0.488 e. The van der Waals surface area contributed by atoms with E-state index in [4.69, 9.17) is 16.3 Å². The van der Waals surface area contributed by atoms with E-state index < -0.39 is 17.8 Å². The summed E-state index contributed by atoms with van der Waals surface area (Å²) < 4.78 is 6.73. The van der Waals surface area contributed by atoms with Crippen molar-refractivity contribution in [3.8, 4) is 5.75 Å². The highest BCUT2D eigenvalue weighted by Crippen LogP contribution is 2.29. The lowest BCUT2D eigenvalue weighted by Gasteiger charge is -2.26. The highest BCUT2D eigenvalue weighted by molar-refractivity contribution is 9.10. The summed E-state index contributed by atoms with van der Waals surface area (Å²) in [6.07, 6.45) is 1.38. The van der Waals surface area contributed by atoms with Crippen molar-refractivity contribution in [3.63, 3.8) is 0 Å². The lowest BCUT2D eigenvalue weighted by molar-refractivity contribution is -0.122. The number of nitrogens with zero attached hydrogens (tertiary/aromatic N) is 1. The van der Waals surface area contributed by atoms with Gasteiger partial charge in [0.1, 0.15) is 17.9 Å². The van der Waals surface area contributed by atoms with E-state index in [0.29, 0.717) is 28.6 Å². The molecule has 0 aromatic heterocycles. The second kappa shape index (κ2) is 9.60. The van der Waals surface area contributed by atoms with Crippen molar-refractivity contribution < 1.29 is 19.1 Å². The van der Waals surface area contributed by atoms with Crippen molar-refractivity contribution in [2.24, 2.45) is 0 Å². The Bertz CT molecular complexity index is 1270. The zero-order valence-corrected chi connectivity index (χ0v) is 19.8. The number of imide groups is 2. The lowest BCUT2D eigenvalue weighted by Crippen LogP contribution is -2.54. The lowest BCUT2D eigenvalue weighted by atomic mass is 10.1. The fourth-order valence-corrected chi connectivity index (χ4v) is 3.69. The molecule has 3 aromatic rings. The van der Waals surface area contributed by atoms with Gasteiger partial charge in [0.25, 0.3) is 11.8 Å². The minimum absolute atomic E-state index is 0.208. The molecule has 33 heavy (non-hydrogen) atoms. The van der Waals surface area contributed by atoms with Crippen LogP contribution in [0.3, 0.4) is 0 Å². The Labute approximate surface area is 203 Å². The number of ether oxygens (including phenoxy) is 1. The highest BCUT2D eigenvalue weighted by atomic mass is 79.9. The molecule has 8 heteroatoms. The van der Waals surface area contributed by atoms with E-state index in [0.717, 1.165) is 20.5 Å². The Morgan fingerprint density at radius 3 is 2.39 bits per heavy atom.